The van der Waals surface area contributed by atoms with Crippen LogP contribution in [0.1, 0.15) is 11.7 Å². The van der Waals surface area contributed by atoms with E-state index in [-0.39, 0.29) is 12.2 Å². The van der Waals surface area contributed by atoms with E-state index >= 15 is 0 Å². The topological polar surface area (TPSA) is 50.8 Å². The van der Waals surface area contributed by atoms with Crippen LogP contribution in [0.2, 0.25) is 0 Å². The summed E-state index contributed by atoms with van der Waals surface area (Å²) in [5.41, 5.74) is -0.336. The smallest absolute Gasteiger partial charge is 0.405 e. The molecule has 1 aromatic rings. The number of carbonyl (C=O) groups excluding carboxylic acids is 1. The van der Waals surface area contributed by atoms with E-state index in [2.05, 4.69) is 10.1 Å². The standard InChI is InChI=1S/C13H12F4N2O3/c14-7-2-1-3-9(22-13(15,16)17)10(7)11-18-12(20)8-6-21-5-4-19(8)11/h1-3,8,11H,4-6H2,(H,18,20)/t8-,11-/m1/s1. The van der Waals surface area contributed by atoms with Crippen LogP contribution in [0.4, 0.5) is 17.6 Å². The van der Waals surface area contributed by atoms with Gasteiger partial charge in [0.1, 0.15) is 23.8 Å². The number of alkyl halides is 3. The Labute approximate surface area is 122 Å². The van der Waals surface area contributed by atoms with Gasteiger partial charge in [0.25, 0.3) is 0 Å². The van der Waals surface area contributed by atoms with E-state index in [0.29, 0.717) is 13.2 Å². The van der Waals surface area contributed by atoms with Crippen molar-refractivity contribution in [2.45, 2.75) is 18.6 Å². The molecular formula is C13H12F4N2O3. The lowest BCUT2D eigenvalue weighted by Gasteiger charge is -2.32. The summed E-state index contributed by atoms with van der Waals surface area (Å²) in [6.45, 7) is 0.728. The SMILES string of the molecule is O=C1N[C@@H](c2c(F)cccc2OC(F)(F)F)N2CCOC[C@H]12. The molecule has 2 heterocycles. The van der Waals surface area contributed by atoms with Gasteiger partial charge >= 0.3 is 6.36 Å². The highest BCUT2D eigenvalue weighted by Gasteiger charge is 2.45. The number of carbonyl (C=O) groups is 1. The molecule has 2 atom stereocenters. The molecule has 2 aliphatic heterocycles. The Morgan fingerprint density at radius 1 is 1.36 bits per heavy atom. The van der Waals surface area contributed by atoms with E-state index in [9.17, 15) is 22.4 Å². The molecule has 1 N–H and O–H groups in total. The third kappa shape index (κ3) is 2.73. The fourth-order valence-electron chi connectivity index (χ4n) is 2.70. The monoisotopic (exact) mass is 320 g/mol. The molecule has 0 spiro atoms. The molecule has 1 aromatic carbocycles. The van der Waals surface area contributed by atoms with Gasteiger partial charge in [0, 0.05) is 6.54 Å². The van der Waals surface area contributed by atoms with Crippen molar-refractivity contribution < 1.29 is 31.8 Å². The number of nitrogens with zero attached hydrogens (tertiary/aromatic N) is 1. The Bertz CT molecular complexity index is 593. The average Bonchev–Trinajstić information content (AvgIpc) is 2.75. The van der Waals surface area contributed by atoms with Gasteiger partial charge in [0.2, 0.25) is 5.91 Å². The number of hydrogen-bond acceptors (Lipinski definition) is 4. The minimum atomic E-state index is -4.95. The molecule has 0 saturated carbocycles. The van der Waals surface area contributed by atoms with Gasteiger partial charge in [-0.2, -0.15) is 0 Å². The van der Waals surface area contributed by atoms with Gasteiger partial charge in [-0.05, 0) is 12.1 Å². The molecule has 1 amide bonds. The van der Waals surface area contributed by atoms with Gasteiger partial charge in [-0.25, -0.2) is 4.39 Å². The van der Waals surface area contributed by atoms with E-state index in [1.165, 1.54) is 0 Å². The predicted octanol–water partition coefficient (Wildman–Crippen LogP) is 1.55. The summed E-state index contributed by atoms with van der Waals surface area (Å²) in [5.74, 6) is -1.95. The quantitative estimate of drug-likeness (QED) is 0.840. The predicted molar refractivity (Wildman–Crippen MR) is 65.3 cm³/mol. The number of nitrogens with one attached hydrogen (secondary N) is 1. The first-order valence-electron chi connectivity index (χ1n) is 6.55. The third-order valence-electron chi connectivity index (χ3n) is 3.60. The Kier molecular flexibility index (Phi) is 3.69. The van der Waals surface area contributed by atoms with Gasteiger partial charge in [0.05, 0.1) is 18.8 Å². The molecule has 9 heteroatoms. The Balaban J connectivity index is 1.99. The number of fused-ring (bicyclic) bond motifs is 1. The summed E-state index contributed by atoms with van der Waals surface area (Å²) in [6, 6.07) is 2.52. The zero-order valence-electron chi connectivity index (χ0n) is 11.2. The van der Waals surface area contributed by atoms with Crippen LogP contribution >= 0.6 is 0 Å². The molecule has 120 valence electrons. The second-order valence-corrected chi connectivity index (χ2v) is 4.94. The van der Waals surface area contributed by atoms with E-state index in [1.54, 1.807) is 4.90 Å². The van der Waals surface area contributed by atoms with Crippen molar-refractivity contribution in [2.75, 3.05) is 19.8 Å². The van der Waals surface area contributed by atoms with E-state index in [4.69, 9.17) is 4.74 Å². The van der Waals surface area contributed by atoms with Crippen molar-refractivity contribution in [3.05, 3.63) is 29.6 Å². The normalized spacial score (nSPS) is 25.7. The van der Waals surface area contributed by atoms with Crippen LogP contribution < -0.4 is 10.1 Å². The van der Waals surface area contributed by atoms with Crippen molar-refractivity contribution in [2.24, 2.45) is 0 Å². The van der Waals surface area contributed by atoms with Crippen molar-refractivity contribution in [1.29, 1.82) is 0 Å². The Morgan fingerprint density at radius 3 is 2.86 bits per heavy atom. The van der Waals surface area contributed by atoms with E-state index in [1.807, 2.05) is 0 Å². The van der Waals surface area contributed by atoms with Crippen LogP contribution in [0, 0.1) is 5.82 Å². The fourth-order valence-corrected chi connectivity index (χ4v) is 2.70. The molecule has 0 bridgehead atoms. The summed E-state index contributed by atoms with van der Waals surface area (Å²) in [5, 5.41) is 2.50. The second-order valence-electron chi connectivity index (χ2n) is 4.94. The molecule has 0 radical (unpaired) electrons. The zero-order chi connectivity index (χ0) is 15.9. The lowest BCUT2D eigenvalue weighted by atomic mass is 10.1. The lowest BCUT2D eigenvalue weighted by Crippen LogP contribution is -2.44. The van der Waals surface area contributed by atoms with Crippen LogP contribution in [-0.2, 0) is 9.53 Å². The van der Waals surface area contributed by atoms with Crippen LogP contribution in [0.25, 0.3) is 0 Å². The maximum atomic E-state index is 14.1. The molecule has 3 rings (SSSR count). The highest BCUT2D eigenvalue weighted by molar-refractivity contribution is 5.84. The Morgan fingerprint density at radius 2 is 2.14 bits per heavy atom. The summed E-state index contributed by atoms with van der Waals surface area (Å²) >= 11 is 0. The summed E-state index contributed by atoms with van der Waals surface area (Å²) in [4.78, 5) is 13.5. The van der Waals surface area contributed by atoms with Crippen molar-refractivity contribution >= 4 is 5.91 Å². The average molecular weight is 320 g/mol. The van der Waals surface area contributed by atoms with Crippen molar-refractivity contribution in [3.8, 4) is 5.75 Å². The highest BCUT2D eigenvalue weighted by atomic mass is 19.4. The summed E-state index contributed by atoms with van der Waals surface area (Å²) < 4.78 is 60.6. The van der Waals surface area contributed by atoms with Gasteiger partial charge in [-0.3, -0.25) is 9.69 Å². The molecule has 5 nitrogen and oxygen atoms in total. The van der Waals surface area contributed by atoms with Crippen molar-refractivity contribution in [1.82, 2.24) is 10.2 Å². The molecule has 2 aliphatic rings. The van der Waals surface area contributed by atoms with Crippen molar-refractivity contribution in [3.63, 3.8) is 0 Å². The number of halogens is 4. The van der Waals surface area contributed by atoms with Gasteiger partial charge in [-0.15, -0.1) is 13.2 Å². The molecule has 2 saturated heterocycles. The minimum absolute atomic E-state index is 0.117. The first kappa shape index (κ1) is 15.0. The molecule has 0 aromatic heterocycles. The van der Waals surface area contributed by atoms with E-state index in [0.717, 1.165) is 18.2 Å². The summed E-state index contributed by atoms with van der Waals surface area (Å²) in [7, 11) is 0. The number of morpholine rings is 1. The first-order chi connectivity index (χ1) is 10.4. The highest BCUT2D eigenvalue weighted by Crippen LogP contribution is 2.37. The van der Waals surface area contributed by atoms with Crippen LogP contribution in [0.5, 0.6) is 5.75 Å². The molecule has 0 aliphatic carbocycles. The molecule has 2 fully saturated rings. The zero-order valence-corrected chi connectivity index (χ0v) is 11.2. The second kappa shape index (κ2) is 5.40. The number of ether oxygens (including phenoxy) is 2. The van der Waals surface area contributed by atoms with Crippen LogP contribution in [0.15, 0.2) is 18.2 Å². The molecule has 0 unspecified atom stereocenters. The largest absolute Gasteiger partial charge is 0.573 e. The number of hydrogen-bond donors (Lipinski definition) is 1. The Hall–Kier alpha value is -1.87. The maximum absolute atomic E-state index is 14.1. The fraction of sp³-hybridized carbons (Fsp3) is 0.462. The van der Waals surface area contributed by atoms with Gasteiger partial charge in [0.15, 0.2) is 0 Å². The maximum Gasteiger partial charge on any atom is 0.573 e. The number of rotatable bonds is 2. The number of benzene rings is 1. The van der Waals surface area contributed by atoms with Crippen LogP contribution in [-0.4, -0.2) is 43.0 Å². The first-order valence-corrected chi connectivity index (χ1v) is 6.55. The molecule has 22 heavy (non-hydrogen) atoms. The van der Waals surface area contributed by atoms with Crippen LogP contribution in [0.3, 0.4) is 0 Å². The van der Waals surface area contributed by atoms with Gasteiger partial charge < -0.3 is 14.8 Å². The third-order valence-corrected chi connectivity index (χ3v) is 3.60. The van der Waals surface area contributed by atoms with Gasteiger partial charge in [-0.1, -0.05) is 6.07 Å². The minimum Gasteiger partial charge on any atom is -0.405 e. The molecular weight excluding hydrogens is 308 g/mol. The number of amides is 1. The lowest BCUT2D eigenvalue weighted by molar-refractivity contribution is -0.275. The summed E-state index contributed by atoms with van der Waals surface area (Å²) in [6.07, 6.45) is -5.96. The van der Waals surface area contributed by atoms with E-state index < -0.39 is 36.0 Å².